The van der Waals surface area contributed by atoms with Crippen LogP contribution in [0.4, 0.5) is 5.82 Å². The molecule has 2 aromatic heterocycles. The molecule has 3 aromatic rings. The Morgan fingerprint density at radius 2 is 1.76 bits per heavy atom. The molecule has 0 saturated carbocycles. The van der Waals surface area contributed by atoms with Crippen molar-refractivity contribution in [1.29, 1.82) is 0 Å². The van der Waals surface area contributed by atoms with Crippen molar-refractivity contribution in [3.05, 3.63) is 66.0 Å². The fourth-order valence-electron chi connectivity index (χ4n) is 3.85. The molecular weight excluding hydrogens is 442 g/mol. The van der Waals surface area contributed by atoms with Crippen LogP contribution in [0.1, 0.15) is 44.2 Å². The molecule has 11 heteroatoms. The molecule has 2 N–H and O–H groups in total. The first-order valence-corrected chi connectivity index (χ1v) is 10.7. The van der Waals surface area contributed by atoms with Crippen molar-refractivity contribution in [2.24, 2.45) is 0 Å². The molecule has 0 radical (unpaired) electrons. The number of benzene rings is 1. The lowest BCUT2D eigenvalue weighted by Crippen LogP contribution is -2.46. The molecule has 1 fully saturated rings. The van der Waals surface area contributed by atoms with Crippen molar-refractivity contribution >= 4 is 23.5 Å². The number of hydrogen-bond acceptors (Lipinski definition) is 8. The van der Waals surface area contributed by atoms with Gasteiger partial charge in [0.1, 0.15) is 0 Å². The van der Waals surface area contributed by atoms with Gasteiger partial charge >= 0.3 is 0 Å². The van der Waals surface area contributed by atoms with Crippen molar-refractivity contribution in [2.75, 3.05) is 25.2 Å². The summed E-state index contributed by atoms with van der Waals surface area (Å²) in [4.78, 5) is 48.0. The average molecular weight is 463 g/mol. The van der Waals surface area contributed by atoms with Crippen LogP contribution in [0.25, 0.3) is 0 Å². The maximum atomic E-state index is 12.9. The summed E-state index contributed by atoms with van der Waals surface area (Å²) in [6.07, 6.45) is 5.40. The Balaban J connectivity index is 1.21. The molecule has 0 bridgehead atoms. The van der Waals surface area contributed by atoms with Crippen LogP contribution in [0.5, 0.6) is 11.5 Å². The van der Waals surface area contributed by atoms with Crippen LogP contribution in [-0.2, 0) is 0 Å². The smallest absolute Gasteiger partial charge is 0.289 e. The predicted octanol–water partition coefficient (Wildman–Crippen LogP) is 2.09. The Labute approximate surface area is 194 Å². The van der Waals surface area contributed by atoms with E-state index in [2.05, 4.69) is 20.6 Å². The highest BCUT2D eigenvalue weighted by Gasteiger charge is 2.27. The number of hydrogen-bond donors (Lipinski definition) is 2. The van der Waals surface area contributed by atoms with Crippen LogP contribution in [0, 0.1) is 0 Å². The predicted molar refractivity (Wildman–Crippen MR) is 118 cm³/mol. The summed E-state index contributed by atoms with van der Waals surface area (Å²) < 4.78 is 15.7. The highest BCUT2D eigenvalue weighted by Crippen LogP contribution is 2.32. The van der Waals surface area contributed by atoms with E-state index in [1.165, 1.54) is 18.7 Å². The standard InChI is InChI=1S/C23H21N5O6/c29-21(14-3-4-16-18(12-14)34-13-33-16)27-20-19(24-7-8-25-20)22(30)26-15-5-9-28(10-6-15)23(31)17-2-1-11-32-17/h1-4,7-8,11-12,15H,5-6,9-10,13H2,(H,26,30)(H,25,27,29). The van der Waals surface area contributed by atoms with Gasteiger partial charge in [0.15, 0.2) is 28.8 Å². The third-order valence-corrected chi connectivity index (χ3v) is 5.63. The molecule has 3 amide bonds. The zero-order valence-electron chi connectivity index (χ0n) is 18.0. The third-order valence-electron chi connectivity index (χ3n) is 5.63. The van der Waals surface area contributed by atoms with Crippen LogP contribution in [0.2, 0.25) is 0 Å². The number of nitrogens with one attached hydrogen (secondary N) is 2. The maximum absolute atomic E-state index is 12.9. The van der Waals surface area contributed by atoms with Gasteiger partial charge in [-0.15, -0.1) is 0 Å². The summed E-state index contributed by atoms with van der Waals surface area (Å²) in [5.41, 5.74) is 0.334. The maximum Gasteiger partial charge on any atom is 0.289 e. The summed E-state index contributed by atoms with van der Waals surface area (Å²) in [6, 6.07) is 7.95. The number of likely N-dealkylation sites (tertiary alicyclic amines) is 1. The van der Waals surface area contributed by atoms with E-state index in [1.807, 2.05) is 0 Å². The second-order valence-electron chi connectivity index (χ2n) is 7.79. The van der Waals surface area contributed by atoms with Gasteiger partial charge < -0.3 is 29.4 Å². The van der Waals surface area contributed by atoms with Gasteiger partial charge in [-0.2, -0.15) is 0 Å². The first kappa shape index (κ1) is 21.4. The minimum absolute atomic E-state index is 0.00526. The number of rotatable bonds is 5. The molecule has 2 aliphatic rings. The molecular formula is C23H21N5O6. The fraction of sp³-hybridized carbons (Fsp3) is 0.261. The van der Waals surface area contributed by atoms with Gasteiger partial charge in [0.05, 0.1) is 6.26 Å². The molecule has 5 rings (SSSR count). The van der Waals surface area contributed by atoms with E-state index in [4.69, 9.17) is 13.9 Å². The minimum atomic E-state index is -0.461. The molecule has 4 heterocycles. The van der Waals surface area contributed by atoms with Crippen molar-refractivity contribution in [3.63, 3.8) is 0 Å². The van der Waals surface area contributed by atoms with E-state index in [-0.39, 0.29) is 30.3 Å². The van der Waals surface area contributed by atoms with E-state index >= 15 is 0 Å². The molecule has 34 heavy (non-hydrogen) atoms. The van der Waals surface area contributed by atoms with Crippen LogP contribution in [0.3, 0.4) is 0 Å². The van der Waals surface area contributed by atoms with Crippen LogP contribution < -0.4 is 20.1 Å². The fourth-order valence-corrected chi connectivity index (χ4v) is 3.85. The van der Waals surface area contributed by atoms with Crippen LogP contribution >= 0.6 is 0 Å². The SMILES string of the molecule is O=C(Nc1nccnc1C(=O)NC1CCN(C(=O)c2ccco2)CC1)c1ccc2c(c1)OCO2. The molecule has 11 nitrogen and oxygen atoms in total. The summed E-state index contributed by atoms with van der Waals surface area (Å²) in [7, 11) is 0. The van der Waals surface area contributed by atoms with Crippen LogP contribution in [0.15, 0.2) is 53.4 Å². The largest absolute Gasteiger partial charge is 0.459 e. The van der Waals surface area contributed by atoms with Gasteiger partial charge in [-0.25, -0.2) is 9.97 Å². The number of ether oxygens (including phenoxy) is 2. The van der Waals surface area contributed by atoms with E-state index in [9.17, 15) is 14.4 Å². The third kappa shape index (κ3) is 4.40. The lowest BCUT2D eigenvalue weighted by atomic mass is 10.0. The number of carbonyl (C=O) groups excluding carboxylic acids is 3. The molecule has 1 saturated heterocycles. The number of anilines is 1. The molecule has 2 aliphatic heterocycles. The van der Waals surface area contributed by atoms with Gasteiger partial charge in [0, 0.05) is 37.1 Å². The highest BCUT2D eigenvalue weighted by molar-refractivity contribution is 6.07. The first-order valence-electron chi connectivity index (χ1n) is 10.7. The first-order chi connectivity index (χ1) is 16.6. The van der Waals surface area contributed by atoms with E-state index in [1.54, 1.807) is 35.2 Å². The summed E-state index contributed by atoms with van der Waals surface area (Å²) in [5.74, 6) is 0.298. The number of nitrogens with zero attached hydrogens (tertiary/aromatic N) is 3. The minimum Gasteiger partial charge on any atom is -0.459 e. The van der Waals surface area contributed by atoms with E-state index in [0.717, 1.165) is 0 Å². The Hall–Kier alpha value is -4.41. The molecule has 0 atom stereocenters. The number of piperidine rings is 1. The highest BCUT2D eigenvalue weighted by atomic mass is 16.7. The Kier molecular flexibility index (Phi) is 5.81. The number of fused-ring (bicyclic) bond motifs is 1. The molecule has 1 aromatic carbocycles. The van der Waals surface area contributed by atoms with Gasteiger partial charge in [0.2, 0.25) is 6.79 Å². The topological polar surface area (TPSA) is 136 Å². The number of carbonyl (C=O) groups is 3. The molecule has 174 valence electrons. The second-order valence-corrected chi connectivity index (χ2v) is 7.79. The summed E-state index contributed by atoms with van der Waals surface area (Å²) in [5, 5.41) is 5.57. The quantitative estimate of drug-likeness (QED) is 0.587. The van der Waals surface area contributed by atoms with Gasteiger partial charge in [-0.3, -0.25) is 14.4 Å². The molecule has 0 aliphatic carbocycles. The average Bonchev–Trinajstić information content (AvgIpc) is 3.56. The lowest BCUT2D eigenvalue weighted by molar-refractivity contribution is 0.0667. The molecule has 0 spiro atoms. The zero-order chi connectivity index (χ0) is 23.5. The number of amides is 3. The Bertz CT molecular complexity index is 1220. The van der Waals surface area contributed by atoms with Crippen LogP contribution in [-0.4, -0.2) is 58.5 Å². The van der Waals surface area contributed by atoms with Gasteiger partial charge in [-0.05, 0) is 43.2 Å². The zero-order valence-corrected chi connectivity index (χ0v) is 18.0. The summed E-state index contributed by atoms with van der Waals surface area (Å²) in [6.45, 7) is 1.07. The normalized spacial score (nSPS) is 15.1. The van der Waals surface area contributed by atoms with E-state index < -0.39 is 11.8 Å². The van der Waals surface area contributed by atoms with E-state index in [0.29, 0.717) is 48.8 Å². The van der Waals surface area contributed by atoms with Gasteiger partial charge in [-0.1, -0.05) is 0 Å². The second kappa shape index (κ2) is 9.22. The lowest BCUT2D eigenvalue weighted by Gasteiger charge is -2.31. The summed E-state index contributed by atoms with van der Waals surface area (Å²) >= 11 is 0. The number of furan rings is 1. The van der Waals surface area contributed by atoms with Crippen molar-refractivity contribution in [3.8, 4) is 11.5 Å². The number of aromatic nitrogens is 2. The van der Waals surface area contributed by atoms with Crippen molar-refractivity contribution in [1.82, 2.24) is 20.2 Å². The van der Waals surface area contributed by atoms with Crippen molar-refractivity contribution in [2.45, 2.75) is 18.9 Å². The van der Waals surface area contributed by atoms with Crippen molar-refractivity contribution < 1.29 is 28.3 Å². The monoisotopic (exact) mass is 463 g/mol. The Morgan fingerprint density at radius 3 is 2.56 bits per heavy atom. The van der Waals surface area contributed by atoms with Gasteiger partial charge in [0.25, 0.3) is 17.7 Å². The molecule has 0 unspecified atom stereocenters. The Morgan fingerprint density at radius 1 is 0.971 bits per heavy atom.